The third kappa shape index (κ3) is 3.77. The lowest BCUT2D eigenvalue weighted by atomic mass is 9.99. The van der Waals surface area contributed by atoms with Crippen LogP contribution in [0.15, 0.2) is 53.8 Å². The van der Waals surface area contributed by atoms with Crippen LogP contribution in [0.3, 0.4) is 0 Å². The van der Waals surface area contributed by atoms with E-state index in [4.69, 9.17) is 0 Å². The van der Waals surface area contributed by atoms with E-state index in [0.717, 1.165) is 38.8 Å². The smallest absolute Gasteiger partial charge is 0.261 e. The molecule has 2 aromatic heterocycles. The monoisotopic (exact) mass is 365 g/mol. The Kier molecular flexibility index (Phi) is 5.00. The van der Waals surface area contributed by atoms with Gasteiger partial charge in [0.25, 0.3) is 5.56 Å². The Morgan fingerprint density at radius 1 is 1.19 bits per heavy atom. The molecule has 1 aliphatic rings. The second-order valence-electron chi connectivity index (χ2n) is 6.99. The number of carbonyl (C=O) groups excluding carboxylic acids is 1. The number of rotatable bonds is 5. The Hall–Kier alpha value is -2.96. The minimum atomic E-state index is -0.168. The van der Waals surface area contributed by atoms with Crippen molar-refractivity contribution < 1.29 is 4.79 Å². The van der Waals surface area contributed by atoms with Crippen LogP contribution in [-0.2, 0) is 17.9 Å². The number of likely N-dealkylation sites (tertiary alicyclic amines) is 1. The molecular formula is C20H23N5O2. The highest BCUT2D eigenvalue weighted by Gasteiger charge is 2.26. The van der Waals surface area contributed by atoms with Crippen LogP contribution in [0.25, 0.3) is 10.9 Å². The summed E-state index contributed by atoms with van der Waals surface area (Å²) in [5.41, 5.74) is 0.486. The molecule has 3 heterocycles. The summed E-state index contributed by atoms with van der Waals surface area (Å²) in [6.07, 6.45) is 9.19. The largest absolute Gasteiger partial charge is 0.338 e. The van der Waals surface area contributed by atoms with Crippen molar-refractivity contribution in [3.05, 3.63) is 59.4 Å². The van der Waals surface area contributed by atoms with Crippen LogP contribution < -0.4 is 5.56 Å². The SMILES string of the molecule is O=C(Cn1cnc2ccccc2c1=O)N1CCCC[C@H]1CCn1cccn1. The van der Waals surface area contributed by atoms with Crippen molar-refractivity contribution >= 4 is 16.8 Å². The van der Waals surface area contributed by atoms with E-state index in [-0.39, 0.29) is 24.1 Å². The summed E-state index contributed by atoms with van der Waals surface area (Å²) in [7, 11) is 0. The van der Waals surface area contributed by atoms with Crippen LogP contribution >= 0.6 is 0 Å². The average molecular weight is 365 g/mol. The molecule has 140 valence electrons. The van der Waals surface area contributed by atoms with Gasteiger partial charge in [0.05, 0.1) is 17.2 Å². The van der Waals surface area contributed by atoms with Crippen molar-refractivity contribution in [2.24, 2.45) is 0 Å². The molecule has 1 amide bonds. The zero-order valence-corrected chi connectivity index (χ0v) is 15.2. The molecule has 1 fully saturated rings. The van der Waals surface area contributed by atoms with Gasteiger partial charge in [-0.15, -0.1) is 0 Å². The van der Waals surface area contributed by atoms with Gasteiger partial charge < -0.3 is 4.90 Å². The molecule has 0 bridgehead atoms. The molecule has 7 heteroatoms. The molecule has 0 aliphatic carbocycles. The van der Waals surface area contributed by atoms with Crippen molar-refractivity contribution in [2.45, 2.75) is 44.8 Å². The number of hydrogen-bond acceptors (Lipinski definition) is 4. The summed E-state index contributed by atoms with van der Waals surface area (Å²) in [4.78, 5) is 31.8. The molecule has 1 aromatic carbocycles. The maximum atomic E-state index is 12.9. The van der Waals surface area contributed by atoms with Crippen LogP contribution in [0.2, 0.25) is 0 Å². The fourth-order valence-corrected chi connectivity index (χ4v) is 3.80. The van der Waals surface area contributed by atoms with Gasteiger partial charge in [0, 0.05) is 31.5 Å². The zero-order chi connectivity index (χ0) is 18.6. The van der Waals surface area contributed by atoms with E-state index < -0.39 is 0 Å². The number of aromatic nitrogens is 4. The fourth-order valence-electron chi connectivity index (χ4n) is 3.80. The molecule has 1 aliphatic heterocycles. The third-order valence-electron chi connectivity index (χ3n) is 5.24. The molecule has 4 rings (SSSR count). The molecule has 1 saturated heterocycles. The van der Waals surface area contributed by atoms with Gasteiger partial charge in [-0.25, -0.2) is 4.98 Å². The molecule has 0 unspecified atom stereocenters. The zero-order valence-electron chi connectivity index (χ0n) is 15.2. The number of nitrogens with zero attached hydrogens (tertiary/aromatic N) is 5. The third-order valence-corrected chi connectivity index (χ3v) is 5.24. The van der Waals surface area contributed by atoms with Gasteiger partial charge >= 0.3 is 0 Å². The summed E-state index contributed by atoms with van der Waals surface area (Å²) in [6, 6.07) is 9.32. The number of fused-ring (bicyclic) bond motifs is 1. The van der Waals surface area contributed by atoms with E-state index in [1.807, 2.05) is 34.0 Å². The highest BCUT2D eigenvalue weighted by atomic mass is 16.2. The van der Waals surface area contributed by atoms with Crippen LogP contribution in [-0.4, -0.2) is 42.7 Å². The summed E-state index contributed by atoms with van der Waals surface area (Å²) >= 11 is 0. The number of piperidine rings is 1. The van der Waals surface area contributed by atoms with Gasteiger partial charge in [-0.3, -0.25) is 18.8 Å². The molecule has 0 radical (unpaired) electrons. The summed E-state index contributed by atoms with van der Waals surface area (Å²) in [5, 5.41) is 4.78. The Bertz CT molecular complexity index is 979. The number of para-hydroxylation sites is 1. The van der Waals surface area contributed by atoms with E-state index in [0.29, 0.717) is 10.9 Å². The number of carbonyl (C=O) groups is 1. The van der Waals surface area contributed by atoms with Crippen molar-refractivity contribution in [3.63, 3.8) is 0 Å². The molecule has 0 N–H and O–H groups in total. The molecule has 1 atom stereocenters. The van der Waals surface area contributed by atoms with E-state index in [1.165, 1.54) is 10.9 Å². The second-order valence-corrected chi connectivity index (χ2v) is 6.99. The highest BCUT2D eigenvalue weighted by molar-refractivity contribution is 5.79. The van der Waals surface area contributed by atoms with Gasteiger partial charge in [-0.2, -0.15) is 5.10 Å². The minimum Gasteiger partial charge on any atom is -0.338 e. The topological polar surface area (TPSA) is 73.0 Å². The van der Waals surface area contributed by atoms with Crippen molar-refractivity contribution in [2.75, 3.05) is 6.54 Å². The maximum absolute atomic E-state index is 12.9. The van der Waals surface area contributed by atoms with Crippen LogP contribution in [0.4, 0.5) is 0 Å². The normalized spacial score (nSPS) is 17.3. The van der Waals surface area contributed by atoms with Crippen molar-refractivity contribution in [3.8, 4) is 0 Å². The highest BCUT2D eigenvalue weighted by Crippen LogP contribution is 2.20. The first kappa shape index (κ1) is 17.5. The molecule has 0 spiro atoms. The first-order valence-electron chi connectivity index (χ1n) is 9.43. The Labute approximate surface area is 157 Å². The molecule has 3 aromatic rings. The minimum absolute atomic E-state index is 0.0145. The van der Waals surface area contributed by atoms with Crippen LogP contribution in [0.1, 0.15) is 25.7 Å². The predicted octanol–water partition coefficient (Wildman–Crippen LogP) is 2.06. The summed E-state index contributed by atoms with van der Waals surface area (Å²) in [5.74, 6) is -0.0145. The Balaban J connectivity index is 1.48. The molecule has 7 nitrogen and oxygen atoms in total. The Morgan fingerprint density at radius 2 is 2.07 bits per heavy atom. The average Bonchev–Trinajstić information content (AvgIpc) is 3.22. The fraction of sp³-hybridized carbons (Fsp3) is 0.400. The standard InChI is InChI=1S/C20H23N5O2/c26-19(14-23-15-21-18-8-2-1-7-17(18)20(23)27)25-12-4-3-6-16(25)9-13-24-11-5-10-22-24/h1-2,5,7-8,10-11,15-16H,3-4,6,9,12-14H2/t16-/m0/s1. The van der Waals surface area contributed by atoms with Gasteiger partial charge in [-0.05, 0) is 43.9 Å². The molecule has 27 heavy (non-hydrogen) atoms. The van der Waals surface area contributed by atoms with Crippen molar-refractivity contribution in [1.82, 2.24) is 24.2 Å². The van der Waals surface area contributed by atoms with Crippen LogP contribution in [0, 0.1) is 0 Å². The van der Waals surface area contributed by atoms with Gasteiger partial charge in [-0.1, -0.05) is 12.1 Å². The first-order valence-corrected chi connectivity index (χ1v) is 9.43. The summed E-state index contributed by atoms with van der Waals surface area (Å²) < 4.78 is 3.32. The van der Waals surface area contributed by atoms with E-state index in [2.05, 4.69) is 10.1 Å². The Morgan fingerprint density at radius 3 is 2.93 bits per heavy atom. The maximum Gasteiger partial charge on any atom is 0.261 e. The number of aryl methyl sites for hydroxylation is 1. The lowest BCUT2D eigenvalue weighted by molar-refractivity contribution is -0.135. The van der Waals surface area contributed by atoms with E-state index in [9.17, 15) is 9.59 Å². The van der Waals surface area contributed by atoms with Gasteiger partial charge in [0.2, 0.25) is 5.91 Å². The van der Waals surface area contributed by atoms with Crippen LogP contribution in [0.5, 0.6) is 0 Å². The first-order chi connectivity index (χ1) is 13.2. The van der Waals surface area contributed by atoms with E-state index in [1.54, 1.807) is 18.3 Å². The number of hydrogen-bond donors (Lipinski definition) is 0. The summed E-state index contributed by atoms with van der Waals surface area (Å²) in [6.45, 7) is 1.58. The predicted molar refractivity (Wildman–Crippen MR) is 102 cm³/mol. The second kappa shape index (κ2) is 7.73. The quantitative estimate of drug-likeness (QED) is 0.694. The number of benzene rings is 1. The van der Waals surface area contributed by atoms with Gasteiger partial charge in [0.15, 0.2) is 0 Å². The van der Waals surface area contributed by atoms with Crippen molar-refractivity contribution in [1.29, 1.82) is 0 Å². The molecular weight excluding hydrogens is 342 g/mol. The number of amides is 1. The molecule has 0 saturated carbocycles. The lowest BCUT2D eigenvalue weighted by Crippen LogP contribution is -2.46. The lowest BCUT2D eigenvalue weighted by Gasteiger charge is -2.36. The van der Waals surface area contributed by atoms with Gasteiger partial charge in [0.1, 0.15) is 6.54 Å². The van der Waals surface area contributed by atoms with E-state index >= 15 is 0 Å².